The fraction of sp³-hybridized carbons (Fsp3) is 0.316. The average Bonchev–Trinajstić information content (AvgIpc) is 2.65. The fourth-order valence-electron chi connectivity index (χ4n) is 1.95. The maximum absolute atomic E-state index is 11.6. The molecule has 0 amide bonds. The smallest absolute Gasteiger partial charge is 0.314 e. The molecule has 9 heteroatoms. The molecule has 0 aliphatic rings. The van der Waals surface area contributed by atoms with Gasteiger partial charge in [0, 0.05) is 18.1 Å². The quantitative estimate of drug-likeness (QED) is 0.387. The topological polar surface area (TPSA) is 148 Å². The zero-order chi connectivity index (χ0) is 21.3. The van der Waals surface area contributed by atoms with Crippen molar-refractivity contribution in [3.05, 3.63) is 42.2 Å². The first-order valence-electron chi connectivity index (χ1n) is 8.24. The molecule has 0 saturated heterocycles. The normalized spacial score (nSPS) is 10.3. The maximum atomic E-state index is 11.6. The highest BCUT2D eigenvalue weighted by Crippen LogP contribution is 2.21. The van der Waals surface area contributed by atoms with Gasteiger partial charge in [0.15, 0.2) is 0 Å². The van der Waals surface area contributed by atoms with Gasteiger partial charge >= 0.3 is 5.97 Å². The monoisotopic (exact) mass is 388 g/mol. The SMILES string of the molecule is CC(=O)O.COC(=O)C(C)(C)COc1cnc(-c2ccc(C(=N)N)cc2)cn1. The van der Waals surface area contributed by atoms with E-state index in [1.165, 1.54) is 13.3 Å². The van der Waals surface area contributed by atoms with E-state index in [-0.39, 0.29) is 18.4 Å². The van der Waals surface area contributed by atoms with Crippen LogP contribution >= 0.6 is 0 Å². The fourth-order valence-corrected chi connectivity index (χ4v) is 1.95. The molecule has 0 bridgehead atoms. The summed E-state index contributed by atoms with van der Waals surface area (Å²) in [5.74, 6) is -0.835. The molecule has 150 valence electrons. The highest BCUT2D eigenvalue weighted by atomic mass is 16.5. The van der Waals surface area contributed by atoms with Crippen LogP contribution in [0.1, 0.15) is 26.3 Å². The summed E-state index contributed by atoms with van der Waals surface area (Å²) in [6.45, 7) is 4.69. The molecule has 1 aromatic carbocycles. The minimum atomic E-state index is -0.833. The van der Waals surface area contributed by atoms with Gasteiger partial charge in [-0.2, -0.15) is 0 Å². The van der Waals surface area contributed by atoms with Gasteiger partial charge in [-0.1, -0.05) is 24.3 Å². The summed E-state index contributed by atoms with van der Waals surface area (Å²) < 4.78 is 10.2. The number of carbonyl (C=O) groups is 2. The van der Waals surface area contributed by atoms with Crippen LogP contribution in [0, 0.1) is 10.8 Å². The Morgan fingerprint density at radius 2 is 1.75 bits per heavy atom. The number of nitrogens with zero attached hydrogens (tertiary/aromatic N) is 2. The maximum Gasteiger partial charge on any atom is 0.314 e. The Balaban J connectivity index is 0.000000892. The number of aliphatic carboxylic acids is 1. The Morgan fingerprint density at radius 3 is 2.18 bits per heavy atom. The van der Waals surface area contributed by atoms with Crippen LogP contribution in [-0.4, -0.2) is 46.6 Å². The number of esters is 1. The second-order valence-corrected chi connectivity index (χ2v) is 6.41. The lowest BCUT2D eigenvalue weighted by atomic mass is 9.95. The van der Waals surface area contributed by atoms with Crippen LogP contribution in [0.25, 0.3) is 11.3 Å². The van der Waals surface area contributed by atoms with E-state index in [2.05, 4.69) is 9.97 Å². The molecule has 0 saturated carbocycles. The van der Waals surface area contributed by atoms with E-state index in [1.54, 1.807) is 32.2 Å². The number of nitrogens with one attached hydrogen (secondary N) is 1. The van der Waals surface area contributed by atoms with Crippen LogP contribution < -0.4 is 10.5 Å². The summed E-state index contributed by atoms with van der Waals surface area (Å²) in [7, 11) is 1.34. The third kappa shape index (κ3) is 7.02. The van der Waals surface area contributed by atoms with Crippen molar-refractivity contribution in [2.75, 3.05) is 13.7 Å². The molecule has 28 heavy (non-hydrogen) atoms. The van der Waals surface area contributed by atoms with Crippen molar-refractivity contribution in [2.24, 2.45) is 11.1 Å². The summed E-state index contributed by atoms with van der Waals surface area (Å²) in [4.78, 5) is 29.1. The first kappa shape index (κ1) is 22.6. The number of amidine groups is 1. The van der Waals surface area contributed by atoms with Gasteiger partial charge in [0.05, 0.1) is 30.6 Å². The number of hydrogen-bond acceptors (Lipinski definition) is 7. The predicted octanol–water partition coefficient (Wildman–Crippen LogP) is 2.10. The Bertz CT molecular complexity index is 813. The summed E-state index contributed by atoms with van der Waals surface area (Å²) in [5, 5.41) is 14.8. The molecule has 2 rings (SSSR count). The van der Waals surface area contributed by atoms with Crippen LogP contribution in [0.15, 0.2) is 36.7 Å². The van der Waals surface area contributed by atoms with Gasteiger partial charge in [-0.3, -0.25) is 15.0 Å². The molecule has 0 unspecified atom stereocenters. The standard InChI is InChI=1S/C17H20N4O3.C2H4O2/c1-17(2,16(22)23-3)10-24-14-9-20-13(8-21-14)11-4-6-12(7-5-11)15(18)19;1-2(3)4/h4-9H,10H2,1-3H3,(H3,18,19);1H3,(H,3,4). The van der Waals surface area contributed by atoms with E-state index in [4.69, 9.17) is 30.5 Å². The van der Waals surface area contributed by atoms with Crippen molar-refractivity contribution in [2.45, 2.75) is 20.8 Å². The first-order chi connectivity index (χ1) is 13.1. The highest BCUT2D eigenvalue weighted by Gasteiger charge is 2.29. The minimum absolute atomic E-state index is 0.0182. The molecule has 9 nitrogen and oxygen atoms in total. The van der Waals surface area contributed by atoms with E-state index >= 15 is 0 Å². The van der Waals surface area contributed by atoms with Crippen LogP contribution in [0.3, 0.4) is 0 Å². The molecule has 1 aromatic heterocycles. The molecular formula is C19H24N4O5. The molecule has 4 N–H and O–H groups in total. The lowest BCUT2D eigenvalue weighted by molar-refractivity contribution is -0.152. The van der Waals surface area contributed by atoms with Gasteiger partial charge in [0.2, 0.25) is 5.88 Å². The third-order valence-electron chi connectivity index (χ3n) is 3.44. The van der Waals surface area contributed by atoms with Crippen molar-refractivity contribution in [3.8, 4) is 17.1 Å². The lowest BCUT2D eigenvalue weighted by Gasteiger charge is -2.21. The van der Waals surface area contributed by atoms with Crippen molar-refractivity contribution in [1.29, 1.82) is 5.41 Å². The second-order valence-electron chi connectivity index (χ2n) is 6.41. The number of methoxy groups -OCH3 is 1. The minimum Gasteiger partial charge on any atom is -0.481 e. The van der Waals surface area contributed by atoms with Gasteiger partial charge in [-0.05, 0) is 13.8 Å². The molecule has 0 fully saturated rings. The zero-order valence-electron chi connectivity index (χ0n) is 16.2. The van der Waals surface area contributed by atoms with Crippen molar-refractivity contribution in [3.63, 3.8) is 0 Å². The van der Waals surface area contributed by atoms with Gasteiger partial charge in [-0.15, -0.1) is 0 Å². The summed E-state index contributed by atoms with van der Waals surface area (Å²) in [5.41, 5.74) is 6.84. The van der Waals surface area contributed by atoms with E-state index in [0.717, 1.165) is 12.5 Å². The van der Waals surface area contributed by atoms with Gasteiger partial charge in [0.1, 0.15) is 12.4 Å². The number of carboxylic acids is 1. The van der Waals surface area contributed by atoms with Gasteiger partial charge < -0.3 is 20.3 Å². The Morgan fingerprint density at radius 1 is 1.18 bits per heavy atom. The van der Waals surface area contributed by atoms with E-state index < -0.39 is 11.4 Å². The number of nitrogen functional groups attached to an aromatic ring is 1. The Kier molecular flexibility index (Phi) is 8.06. The molecule has 2 aromatic rings. The molecule has 0 spiro atoms. The predicted molar refractivity (Wildman–Crippen MR) is 103 cm³/mol. The molecule has 1 heterocycles. The Labute approximate surface area is 163 Å². The van der Waals surface area contributed by atoms with E-state index in [1.807, 2.05) is 12.1 Å². The highest BCUT2D eigenvalue weighted by molar-refractivity contribution is 5.95. The number of aromatic nitrogens is 2. The average molecular weight is 388 g/mol. The van der Waals surface area contributed by atoms with Crippen LogP contribution in [0.4, 0.5) is 0 Å². The van der Waals surface area contributed by atoms with Crippen LogP contribution in [0.2, 0.25) is 0 Å². The van der Waals surface area contributed by atoms with Crippen LogP contribution in [0.5, 0.6) is 5.88 Å². The summed E-state index contributed by atoms with van der Waals surface area (Å²) >= 11 is 0. The lowest BCUT2D eigenvalue weighted by Crippen LogP contribution is -2.32. The van der Waals surface area contributed by atoms with E-state index in [9.17, 15) is 4.79 Å². The number of carboxylic acid groups (broad SMARTS) is 1. The van der Waals surface area contributed by atoms with Crippen molar-refractivity contribution < 1.29 is 24.2 Å². The number of hydrogen-bond donors (Lipinski definition) is 3. The number of rotatable bonds is 6. The molecular weight excluding hydrogens is 364 g/mol. The first-order valence-corrected chi connectivity index (χ1v) is 8.24. The van der Waals surface area contributed by atoms with Gasteiger partial charge in [-0.25, -0.2) is 9.97 Å². The van der Waals surface area contributed by atoms with Crippen LogP contribution in [-0.2, 0) is 14.3 Å². The molecule has 0 radical (unpaired) electrons. The zero-order valence-corrected chi connectivity index (χ0v) is 16.2. The summed E-state index contributed by atoms with van der Waals surface area (Å²) in [6, 6.07) is 7.15. The number of carbonyl (C=O) groups excluding carboxylic acids is 1. The largest absolute Gasteiger partial charge is 0.481 e. The Hall–Kier alpha value is -3.49. The van der Waals surface area contributed by atoms with E-state index in [0.29, 0.717) is 17.1 Å². The molecule has 0 aliphatic heterocycles. The molecule has 0 aliphatic carbocycles. The molecule has 0 atom stereocenters. The third-order valence-corrected chi connectivity index (χ3v) is 3.44. The van der Waals surface area contributed by atoms with Crippen molar-refractivity contribution >= 4 is 17.8 Å². The second kappa shape index (κ2) is 10.0. The number of nitrogens with two attached hydrogens (primary N) is 1. The number of benzene rings is 1. The van der Waals surface area contributed by atoms with Crippen molar-refractivity contribution in [1.82, 2.24) is 9.97 Å². The summed E-state index contributed by atoms with van der Waals surface area (Å²) in [6.07, 6.45) is 3.09. The van der Waals surface area contributed by atoms with Gasteiger partial charge in [0.25, 0.3) is 5.97 Å². The number of ether oxygens (including phenoxy) is 2.